The largest absolute Gasteiger partial charge is 0.504 e. The fourth-order valence-corrected chi connectivity index (χ4v) is 8.56. The normalized spacial score (nSPS) is 17.9. The molecule has 1 atom stereocenters. The lowest BCUT2D eigenvalue weighted by Crippen LogP contribution is -2.46. The molecule has 13 nitrogen and oxygen atoms in total. The Balaban J connectivity index is 1.16. The number of aromatic nitrogens is 6. The monoisotopic (exact) mass is 789 g/mol. The predicted octanol–water partition coefficient (Wildman–Crippen LogP) is 5.95. The van der Waals surface area contributed by atoms with Gasteiger partial charge in [0.05, 0.1) is 22.0 Å². The lowest BCUT2D eigenvalue weighted by molar-refractivity contribution is -0.137. The zero-order valence-electron chi connectivity index (χ0n) is 30.9. The minimum Gasteiger partial charge on any atom is -0.504 e. The Labute approximate surface area is 324 Å². The quantitative estimate of drug-likeness (QED) is 0.195. The molecule has 1 saturated heterocycles. The topological polar surface area (TPSA) is 151 Å². The summed E-state index contributed by atoms with van der Waals surface area (Å²) in [6, 6.07) is 11.1. The molecule has 1 spiro atoms. The van der Waals surface area contributed by atoms with Crippen molar-refractivity contribution < 1.29 is 27.9 Å². The molecule has 3 aromatic heterocycles. The van der Waals surface area contributed by atoms with Crippen molar-refractivity contribution in [1.29, 1.82) is 0 Å². The second-order valence-corrected chi connectivity index (χ2v) is 15.6. The minimum atomic E-state index is -4.61. The molecule has 1 unspecified atom stereocenters. The summed E-state index contributed by atoms with van der Waals surface area (Å²) in [5.41, 5.74) is 1.10. The molecular weight excluding hydrogens is 751 g/mol. The molecule has 292 valence electrons. The summed E-state index contributed by atoms with van der Waals surface area (Å²) in [7, 11) is 2.10. The van der Waals surface area contributed by atoms with E-state index in [1.807, 2.05) is 31.2 Å². The highest BCUT2D eigenvalue weighted by Crippen LogP contribution is 2.50. The predicted molar refractivity (Wildman–Crippen MR) is 201 cm³/mol. The number of hydrogen-bond donors (Lipinski definition) is 2. The van der Waals surface area contributed by atoms with Gasteiger partial charge in [0, 0.05) is 47.9 Å². The number of carbonyl (C=O) groups is 2. The molecule has 0 bridgehead atoms. The molecule has 2 N–H and O–H groups in total. The first kappa shape index (κ1) is 37.6. The van der Waals surface area contributed by atoms with Gasteiger partial charge < -0.3 is 19.9 Å². The van der Waals surface area contributed by atoms with Gasteiger partial charge in [-0.05, 0) is 75.8 Å². The van der Waals surface area contributed by atoms with Gasteiger partial charge in [-0.25, -0.2) is 9.97 Å². The number of rotatable bonds is 8. The van der Waals surface area contributed by atoms with Crippen LogP contribution in [0.5, 0.6) is 5.75 Å². The van der Waals surface area contributed by atoms with Gasteiger partial charge >= 0.3 is 6.18 Å². The van der Waals surface area contributed by atoms with Crippen LogP contribution in [0.1, 0.15) is 83.5 Å². The van der Waals surface area contributed by atoms with Crippen LogP contribution in [0, 0.1) is 6.92 Å². The molecule has 1 saturated carbocycles. The lowest BCUT2D eigenvalue weighted by atomic mass is 9.73. The van der Waals surface area contributed by atoms with E-state index in [1.165, 1.54) is 23.7 Å². The summed E-state index contributed by atoms with van der Waals surface area (Å²) in [5, 5.41) is 17.5. The van der Waals surface area contributed by atoms with Crippen LogP contribution in [0.2, 0.25) is 5.02 Å². The summed E-state index contributed by atoms with van der Waals surface area (Å²) < 4.78 is 42.8. The van der Waals surface area contributed by atoms with Gasteiger partial charge in [0.15, 0.2) is 17.3 Å². The number of fused-ring (bicyclic) bond motifs is 3. The second-order valence-electron chi connectivity index (χ2n) is 15.2. The molecule has 2 amide bonds. The first-order valence-corrected chi connectivity index (χ1v) is 18.8. The smallest absolute Gasteiger partial charge is 0.416 e. The summed E-state index contributed by atoms with van der Waals surface area (Å²) in [4.78, 5) is 58.5. The van der Waals surface area contributed by atoms with E-state index >= 15 is 0 Å². The number of amides is 2. The van der Waals surface area contributed by atoms with Gasteiger partial charge in [-0.1, -0.05) is 42.8 Å². The van der Waals surface area contributed by atoms with Crippen molar-refractivity contribution in [2.45, 2.75) is 82.6 Å². The summed E-state index contributed by atoms with van der Waals surface area (Å²) in [5.74, 6) is -1.10. The molecule has 0 radical (unpaired) electrons. The Bertz CT molecular complexity index is 2440. The van der Waals surface area contributed by atoms with Crippen LogP contribution in [0.3, 0.4) is 0 Å². The number of nitrogens with zero attached hydrogens (tertiary/aromatic N) is 8. The maximum Gasteiger partial charge on any atom is 0.416 e. The fourth-order valence-electron chi connectivity index (χ4n) is 8.33. The highest BCUT2D eigenvalue weighted by Gasteiger charge is 2.49. The van der Waals surface area contributed by atoms with Crippen molar-refractivity contribution in [2.24, 2.45) is 0 Å². The number of likely N-dealkylation sites (tertiary alicyclic amines) is 1. The molecule has 17 heteroatoms. The van der Waals surface area contributed by atoms with Crippen molar-refractivity contribution in [1.82, 2.24) is 38.9 Å². The van der Waals surface area contributed by atoms with Crippen LogP contribution in [0.4, 0.5) is 18.9 Å². The summed E-state index contributed by atoms with van der Waals surface area (Å²) in [6.07, 6.45) is 0.410. The third kappa shape index (κ3) is 6.78. The number of hydrogen-bond acceptors (Lipinski definition) is 9. The third-order valence-electron chi connectivity index (χ3n) is 11.4. The number of nitrogens with one attached hydrogen (secondary N) is 1. The van der Waals surface area contributed by atoms with Crippen molar-refractivity contribution in [3.05, 3.63) is 97.9 Å². The van der Waals surface area contributed by atoms with Gasteiger partial charge in [0.2, 0.25) is 11.7 Å². The summed E-state index contributed by atoms with van der Waals surface area (Å²) >= 11 is 6.19. The Morgan fingerprint density at radius 1 is 1.09 bits per heavy atom. The first-order valence-electron chi connectivity index (χ1n) is 18.4. The van der Waals surface area contributed by atoms with Crippen LogP contribution in [-0.4, -0.2) is 82.0 Å². The standard InChI is InChI=1S/C39H39ClF3N9O4/c1-21-17-38(12-14-50(15-13-38)36(56)31-33(54)22(2)44-20-45-31)30-32(21)51(19-29(53)46-28-11-8-25(16-27(28)40)39(41,42)43)37-47-34(48-52(37)35(30)55)24-6-4-23(5-7-24)18-49(3)26-9-10-26/h4-8,11,16,20-21,26,54H,9-10,12-15,17-19H2,1-3H3,(H,46,53). The number of alkyl halides is 3. The van der Waals surface area contributed by atoms with Crippen molar-refractivity contribution in [3.63, 3.8) is 0 Å². The van der Waals surface area contributed by atoms with Gasteiger partial charge in [-0.2, -0.15) is 22.7 Å². The minimum absolute atomic E-state index is 0.000529. The Morgan fingerprint density at radius 3 is 2.46 bits per heavy atom. The van der Waals surface area contributed by atoms with E-state index in [0.717, 1.165) is 30.3 Å². The Morgan fingerprint density at radius 2 is 1.80 bits per heavy atom. The molecule has 2 aliphatic carbocycles. The number of aromatic hydroxyl groups is 1. The van der Waals surface area contributed by atoms with Crippen molar-refractivity contribution in [2.75, 3.05) is 25.5 Å². The van der Waals surface area contributed by atoms with Crippen LogP contribution in [0.15, 0.2) is 53.6 Å². The molecule has 8 rings (SSSR count). The number of aryl methyl sites for hydroxylation is 1. The lowest BCUT2D eigenvalue weighted by Gasteiger charge is -2.39. The average Bonchev–Trinajstić information content (AvgIpc) is 3.85. The first-order chi connectivity index (χ1) is 26.6. The number of anilines is 1. The van der Waals surface area contributed by atoms with Crippen molar-refractivity contribution in [3.8, 4) is 17.1 Å². The molecule has 2 fully saturated rings. The third-order valence-corrected chi connectivity index (χ3v) is 11.7. The summed E-state index contributed by atoms with van der Waals surface area (Å²) in [6.45, 7) is 4.57. The van der Waals surface area contributed by atoms with Crippen LogP contribution < -0.4 is 10.9 Å². The van der Waals surface area contributed by atoms with Gasteiger partial charge in [0.25, 0.3) is 11.5 Å². The van der Waals surface area contributed by atoms with E-state index in [2.05, 4.69) is 32.3 Å². The molecule has 1 aliphatic heterocycles. The SMILES string of the molecule is Cc1ncnc(C(=O)N2CCC3(CC2)CC(C)c2c3c(=O)n3nc(-c4ccc(CN(C)C5CC5)cc4)nc3n2CC(=O)Nc2ccc(C(F)(F)F)cc2Cl)c1O. The van der Waals surface area contributed by atoms with Crippen LogP contribution in [-0.2, 0) is 29.5 Å². The fraction of sp³-hybridized carbons (Fsp3) is 0.410. The zero-order chi connectivity index (χ0) is 39.7. The number of piperidine rings is 1. The van der Waals surface area contributed by atoms with E-state index in [9.17, 15) is 32.7 Å². The van der Waals surface area contributed by atoms with E-state index in [1.54, 1.807) is 16.4 Å². The molecule has 2 aromatic carbocycles. The van der Waals surface area contributed by atoms with Crippen molar-refractivity contribution >= 4 is 34.9 Å². The highest BCUT2D eigenvalue weighted by molar-refractivity contribution is 6.33. The number of halogens is 4. The Kier molecular flexibility index (Phi) is 9.39. The van der Waals surface area contributed by atoms with Gasteiger partial charge in [-0.15, -0.1) is 5.10 Å². The van der Waals surface area contributed by atoms with E-state index in [-0.39, 0.29) is 70.6 Å². The molecular formula is C39H39ClF3N9O4. The zero-order valence-corrected chi connectivity index (χ0v) is 31.7. The van der Waals surface area contributed by atoms with Gasteiger partial charge in [-0.3, -0.25) is 19.3 Å². The maximum atomic E-state index is 14.6. The average molecular weight is 790 g/mol. The van der Waals surface area contributed by atoms with E-state index < -0.39 is 29.0 Å². The molecule has 5 aromatic rings. The molecule has 3 aliphatic rings. The van der Waals surface area contributed by atoms with E-state index in [0.29, 0.717) is 42.1 Å². The number of benzene rings is 2. The van der Waals surface area contributed by atoms with E-state index in [4.69, 9.17) is 16.6 Å². The second kappa shape index (κ2) is 14.0. The van der Waals surface area contributed by atoms with Crippen LogP contribution >= 0.6 is 11.6 Å². The molecule has 4 heterocycles. The highest BCUT2D eigenvalue weighted by atomic mass is 35.5. The van der Waals surface area contributed by atoms with Crippen LogP contribution in [0.25, 0.3) is 17.2 Å². The van der Waals surface area contributed by atoms with Gasteiger partial charge in [0.1, 0.15) is 12.9 Å². The molecule has 56 heavy (non-hydrogen) atoms. The number of carbonyl (C=O) groups excluding carboxylic acids is 2. The maximum absolute atomic E-state index is 14.6. The Hall–Kier alpha value is -5.35.